The van der Waals surface area contributed by atoms with Crippen LogP contribution in [0.3, 0.4) is 0 Å². The van der Waals surface area contributed by atoms with E-state index in [-0.39, 0.29) is 12.0 Å². The van der Waals surface area contributed by atoms with Gasteiger partial charge in [0.1, 0.15) is 0 Å². The van der Waals surface area contributed by atoms with Gasteiger partial charge in [0.15, 0.2) is 0 Å². The third kappa shape index (κ3) is 4.83. The Kier molecular flexibility index (Phi) is 5.93. The zero-order chi connectivity index (χ0) is 15.9. The van der Waals surface area contributed by atoms with Crippen LogP contribution in [0.2, 0.25) is 0 Å². The summed E-state index contributed by atoms with van der Waals surface area (Å²) >= 11 is 0. The zero-order valence-corrected chi connectivity index (χ0v) is 13.2. The molecule has 0 spiro atoms. The fourth-order valence-corrected chi connectivity index (χ4v) is 2.62. The Balaban J connectivity index is 1.84. The molecule has 118 valence electrons. The molecule has 1 aromatic rings. The Morgan fingerprint density at radius 2 is 2.36 bits per heavy atom. The lowest BCUT2D eigenvalue weighted by Crippen LogP contribution is -2.48. The topological polar surface area (TPSA) is 65.4 Å². The van der Waals surface area contributed by atoms with Gasteiger partial charge in [-0.15, -0.1) is 0 Å². The summed E-state index contributed by atoms with van der Waals surface area (Å²) in [6.07, 6.45) is 0.0237. The van der Waals surface area contributed by atoms with Crippen molar-refractivity contribution in [1.82, 2.24) is 10.2 Å². The second-order valence-electron chi connectivity index (χ2n) is 6.05. The molecule has 5 nitrogen and oxygen atoms in total. The van der Waals surface area contributed by atoms with Crippen LogP contribution in [0.4, 0.5) is 0 Å². The molecule has 1 N–H and O–H groups in total. The molecule has 0 aliphatic carbocycles. The third-order valence-corrected chi connectivity index (χ3v) is 3.59. The average Bonchev–Trinajstić information content (AvgIpc) is 2.52. The average molecular weight is 301 g/mol. The Morgan fingerprint density at radius 1 is 1.55 bits per heavy atom. The maximum atomic E-state index is 12.1. The maximum Gasteiger partial charge on any atom is 0.251 e. The summed E-state index contributed by atoms with van der Waals surface area (Å²) in [6, 6.07) is 8.75. The first kappa shape index (κ1) is 16.5. The highest BCUT2D eigenvalue weighted by molar-refractivity contribution is 5.94. The van der Waals surface area contributed by atoms with Crippen molar-refractivity contribution >= 4 is 5.91 Å². The molecular weight excluding hydrogens is 278 g/mol. The van der Waals surface area contributed by atoms with Crippen molar-refractivity contribution in [1.29, 1.82) is 5.26 Å². The molecular formula is C17H23N3O2. The highest BCUT2D eigenvalue weighted by Gasteiger charge is 2.21. The molecule has 0 saturated carbocycles. The Bertz CT molecular complexity index is 551. The van der Waals surface area contributed by atoms with Crippen LogP contribution in [0.15, 0.2) is 24.3 Å². The molecule has 1 aliphatic heterocycles. The largest absolute Gasteiger partial charge is 0.374 e. The highest BCUT2D eigenvalue weighted by atomic mass is 16.5. The second kappa shape index (κ2) is 7.92. The van der Waals surface area contributed by atoms with Gasteiger partial charge in [-0.25, -0.2) is 0 Å². The van der Waals surface area contributed by atoms with Gasteiger partial charge in [-0.1, -0.05) is 19.9 Å². The zero-order valence-electron chi connectivity index (χ0n) is 13.2. The molecule has 0 aromatic heterocycles. The quantitative estimate of drug-likeness (QED) is 0.898. The van der Waals surface area contributed by atoms with Crippen LogP contribution in [-0.4, -0.2) is 49.7 Å². The molecule has 1 amide bonds. The maximum absolute atomic E-state index is 12.1. The van der Waals surface area contributed by atoms with Crippen LogP contribution >= 0.6 is 0 Å². The number of carbonyl (C=O) groups excluding carboxylic acids is 1. The Labute approximate surface area is 131 Å². The molecule has 1 saturated heterocycles. The first-order valence-corrected chi connectivity index (χ1v) is 7.71. The van der Waals surface area contributed by atoms with Crippen molar-refractivity contribution in [2.45, 2.75) is 20.0 Å². The molecule has 1 aliphatic rings. The molecule has 5 heteroatoms. The summed E-state index contributed by atoms with van der Waals surface area (Å²) in [5.41, 5.74) is 0.999. The molecule has 1 heterocycles. The van der Waals surface area contributed by atoms with Gasteiger partial charge in [-0.3, -0.25) is 9.69 Å². The molecule has 22 heavy (non-hydrogen) atoms. The van der Waals surface area contributed by atoms with Crippen LogP contribution in [0.25, 0.3) is 0 Å². The third-order valence-electron chi connectivity index (χ3n) is 3.59. The number of carbonyl (C=O) groups is 1. The van der Waals surface area contributed by atoms with Crippen LogP contribution in [-0.2, 0) is 4.74 Å². The minimum atomic E-state index is -0.165. The number of nitrogens with zero attached hydrogens (tertiary/aromatic N) is 2. The molecule has 1 aromatic carbocycles. The van der Waals surface area contributed by atoms with Gasteiger partial charge in [-0.05, 0) is 24.1 Å². The van der Waals surface area contributed by atoms with Crippen molar-refractivity contribution in [3.05, 3.63) is 35.4 Å². The number of nitriles is 1. The summed E-state index contributed by atoms with van der Waals surface area (Å²) in [4.78, 5) is 14.5. The van der Waals surface area contributed by atoms with Gasteiger partial charge in [0.25, 0.3) is 5.91 Å². The highest BCUT2D eigenvalue weighted by Crippen LogP contribution is 2.08. The minimum absolute atomic E-state index is 0.0237. The van der Waals surface area contributed by atoms with E-state index >= 15 is 0 Å². The number of rotatable bonds is 5. The summed E-state index contributed by atoms with van der Waals surface area (Å²) in [6.45, 7) is 8.45. The molecule has 1 atom stereocenters. The molecule has 0 radical (unpaired) electrons. The fourth-order valence-electron chi connectivity index (χ4n) is 2.62. The Hall–Kier alpha value is -1.90. The monoisotopic (exact) mass is 301 g/mol. The first-order chi connectivity index (χ1) is 10.6. The summed E-state index contributed by atoms with van der Waals surface area (Å²) < 4.78 is 5.71. The predicted molar refractivity (Wildman–Crippen MR) is 84.5 cm³/mol. The lowest BCUT2D eigenvalue weighted by atomic mass is 10.1. The predicted octanol–water partition coefficient (Wildman–Crippen LogP) is 1.64. The number of nitrogens with one attached hydrogen (secondary N) is 1. The van der Waals surface area contributed by atoms with Gasteiger partial charge in [0, 0.05) is 31.7 Å². The first-order valence-electron chi connectivity index (χ1n) is 7.71. The Morgan fingerprint density at radius 3 is 3.09 bits per heavy atom. The van der Waals surface area contributed by atoms with Crippen molar-refractivity contribution in [2.75, 3.05) is 32.8 Å². The number of ether oxygens (including phenoxy) is 1. The van der Waals surface area contributed by atoms with E-state index < -0.39 is 0 Å². The standard InChI is InChI=1S/C17H23N3O2/c1-13(2)11-20-6-7-22-16(12-20)10-19-17(21)15-5-3-4-14(8-15)9-18/h3-5,8,13,16H,6-7,10-12H2,1-2H3,(H,19,21)/t16-/m0/s1. The second-order valence-corrected chi connectivity index (χ2v) is 6.05. The van der Waals surface area contributed by atoms with Gasteiger partial charge in [-0.2, -0.15) is 5.26 Å². The van der Waals surface area contributed by atoms with E-state index in [1.165, 1.54) is 0 Å². The summed E-state index contributed by atoms with van der Waals surface area (Å²) in [5, 5.41) is 11.8. The van der Waals surface area contributed by atoms with Crippen LogP contribution in [0, 0.1) is 17.2 Å². The van der Waals surface area contributed by atoms with Gasteiger partial charge < -0.3 is 10.1 Å². The van der Waals surface area contributed by atoms with Crippen molar-refractivity contribution in [3.63, 3.8) is 0 Å². The smallest absolute Gasteiger partial charge is 0.251 e. The fraction of sp³-hybridized carbons (Fsp3) is 0.529. The van der Waals surface area contributed by atoms with Crippen molar-refractivity contribution < 1.29 is 9.53 Å². The van der Waals surface area contributed by atoms with E-state index in [1.807, 2.05) is 6.07 Å². The SMILES string of the molecule is CC(C)CN1CCO[C@@H](CNC(=O)c2cccc(C#N)c2)C1. The number of benzene rings is 1. The van der Waals surface area contributed by atoms with E-state index in [0.29, 0.717) is 30.2 Å². The summed E-state index contributed by atoms with van der Waals surface area (Å²) in [5.74, 6) is 0.462. The van der Waals surface area contributed by atoms with Crippen LogP contribution in [0.5, 0.6) is 0 Å². The number of morpholine rings is 1. The molecule has 2 rings (SSSR count). The molecule has 0 bridgehead atoms. The van der Waals surface area contributed by atoms with Crippen LogP contribution < -0.4 is 5.32 Å². The summed E-state index contributed by atoms with van der Waals surface area (Å²) in [7, 11) is 0. The van der Waals surface area contributed by atoms with Crippen molar-refractivity contribution in [3.8, 4) is 6.07 Å². The molecule has 0 unspecified atom stereocenters. The van der Waals surface area contributed by atoms with E-state index in [2.05, 4.69) is 24.1 Å². The van der Waals surface area contributed by atoms with E-state index in [1.54, 1.807) is 24.3 Å². The lowest BCUT2D eigenvalue weighted by molar-refractivity contribution is -0.0295. The number of hydrogen-bond donors (Lipinski definition) is 1. The van der Waals surface area contributed by atoms with Gasteiger partial charge in [0.05, 0.1) is 24.3 Å². The van der Waals surface area contributed by atoms with Gasteiger partial charge >= 0.3 is 0 Å². The van der Waals surface area contributed by atoms with E-state index in [4.69, 9.17) is 10.00 Å². The number of amides is 1. The van der Waals surface area contributed by atoms with E-state index in [0.717, 1.165) is 19.6 Å². The minimum Gasteiger partial charge on any atom is -0.374 e. The van der Waals surface area contributed by atoms with Crippen LogP contribution in [0.1, 0.15) is 29.8 Å². The molecule has 1 fully saturated rings. The number of hydrogen-bond acceptors (Lipinski definition) is 4. The lowest BCUT2D eigenvalue weighted by Gasteiger charge is -2.33. The normalized spacial score (nSPS) is 18.9. The van der Waals surface area contributed by atoms with Crippen molar-refractivity contribution in [2.24, 2.45) is 5.92 Å². The van der Waals surface area contributed by atoms with Gasteiger partial charge in [0.2, 0.25) is 0 Å². The van der Waals surface area contributed by atoms with E-state index in [9.17, 15) is 4.79 Å².